The summed E-state index contributed by atoms with van der Waals surface area (Å²) in [6.07, 6.45) is 0.696. The number of carbonyl (C=O) groups excluding carboxylic acids is 1. The number of carbonyl (C=O) groups is 1. The Labute approximate surface area is 209 Å². The van der Waals surface area contributed by atoms with E-state index in [1.165, 1.54) is 0 Å². The molecule has 3 aromatic carbocycles. The molecular formula is C29H27N3O4. The molecule has 36 heavy (non-hydrogen) atoms. The Morgan fingerprint density at radius 2 is 1.61 bits per heavy atom. The Kier molecular flexibility index (Phi) is 6.45. The summed E-state index contributed by atoms with van der Waals surface area (Å²) in [5, 5.41) is 4.95. The average molecular weight is 482 g/mol. The van der Waals surface area contributed by atoms with Gasteiger partial charge in [0.1, 0.15) is 22.9 Å². The molecule has 0 unspecified atom stereocenters. The van der Waals surface area contributed by atoms with Crippen LogP contribution in [0.3, 0.4) is 0 Å². The summed E-state index contributed by atoms with van der Waals surface area (Å²) >= 11 is 0. The van der Waals surface area contributed by atoms with Crippen LogP contribution < -0.4 is 19.5 Å². The minimum absolute atomic E-state index is 0.237. The van der Waals surface area contributed by atoms with Gasteiger partial charge < -0.3 is 24.5 Å². The van der Waals surface area contributed by atoms with Crippen molar-refractivity contribution in [1.82, 2.24) is 15.3 Å². The topological polar surface area (TPSA) is 85.5 Å². The van der Waals surface area contributed by atoms with E-state index >= 15 is 0 Å². The lowest BCUT2D eigenvalue weighted by molar-refractivity contribution is 0.0949. The molecule has 182 valence electrons. The van der Waals surface area contributed by atoms with Crippen molar-refractivity contribution in [2.75, 3.05) is 27.9 Å². The summed E-state index contributed by atoms with van der Waals surface area (Å²) in [6, 6.07) is 23.2. The fourth-order valence-electron chi connectivity index (χ4n) is 4.36. The van der Waals surface area contributed by atoms with E-state index in [2.05, 4.69) is 10.3 Å². The number of para-hydroxylation sites is 1. The van der Waals surface area contributed by atoms with Crippen molar-refractivity contribution >= 4 is 27.7 Å². The molecule has 0 aliphatic carbocycles. The third-order valence-corrected chi connectivity index (χ3v) is 6.25. The lowest BCUT2D eigenvalue weighted by Crippen LogP contribution is -2.26. The summed E-state index contributed by atoms with van der Waals surface area (Å²) in [7, 11) is 4.87. The van der Waals surface area contributed by atoms with E-state index in [0.29, 0.717) is 35.9 Å². The van der Waals surface area contributed by atoms with Crippen molar-refractivity contribution in [3.63, 3.8) is 0 Å². The van der Waals surface area contributed by atoms with Gasteiger partial charge in [0.2, 0.25) is 0 Å². The van der Waals surface area contributed by atoms with Gasteiger partial charge in [0.25, 0.3) is 5.91 Å². The third kappa shape index (κ3) is 4.43. The summed E-state index contributed by atoms with van der Waals surface area (Å²) in [6.45, 7) is 0.483. The fraction of sp³-hybridized carbons (Fsp3) is 0.172. The monoisotopic (exact) mass is 481 g/mol. The van der Waals surface area contributed by atoms with Gasteiger partial charge in [-0.1, -0.05) is 30.3 Å². The van der Waals surface area contributed by atoms with Gasteiger partial charge in [-0.25, -0.2) is 4.98 Å². The van der Waals surface area contributed by atoms with Crippen molar-refractivity contribution in [2.45, 2.75) is 6.42 Å². The number of hydrogen-bond donors (Lipinski definition) is 2. The summed E-state index contributed by atoms with van der Waals surface area (Å²) in [5.74, 6) is 1.88. The van der Waals surface area contributed by atoms with Gasteiger partial charge in [0.05, 0.1) is 32.5 Å². The van der Waals surface area contributed by atoms with Crippen LogP contribution in [-0.4, -0.2) is 43.7 Å². The first-order valence-electron chi connectivity index (χ1n) is 11.7. The Morgan fingerprint density at radius 3 is 2.36 bits per heavy atom. The summed E-state index contributed by atoms with van der Waals surface area (Å²) < 4.78 is 16.3. The zero-order valence-electron chi connectivity index (χ0n) is 20.4. The molecule has 0 aliphatic heterocycles. The van der Waals surface area contributed by atoms with E-state index in [4.69, 9.17) is 19.2 Å². The number of aromatic amines is 1. The van der Waals surface area contributed by atoms with Crippen molar-refractivity contribution in [3.05, 3.63) is 84.1 Å². The molecule has 2 N–H and O–H groups in total. The van der Waals surface area contributed by atoms with Crippen molar-refractivity contribution in [2.24, 2.45) is 0 Å². The highest BCUT2D eigenvalue weighted by Crippen LogP contribution is 2.38. The Bertz CT molecular complexity index is 1540. The number of benzene rings is 3. The number of nitrogens with one attached hydrogen (secondary N) is 2. The second kappa shape index (κ2) is 10.00. The molecular weight excluding hydrogens is 454 g/mol. The molecule has 2 aromatic heterocycles. The zero-order valence-corrected chi connectivity index (χ0v) is 20.4. The van der Waals surface area contributed by atoms with Gasteiger partial charge in [0.15, 0.2) is 0 Å². The molecule has 0 fully saturated rings. The third-order valence-electron chi connectivity index (χ3n) is 6.25. The van der Waals surface area contributed by atoms with Crippen LogP contribution in [0.2, 0.25) is 0 Å². The van der Waals surface area contributed by atoms with Crippen molar-refractivity contribution in [3.8, 4) is 28.5 Å². The number of rotatable bonds is 8. The average Bonchev–Trinajstić information content (AvgIpc) is 3.31. The number of nitrogens with zero attached hydrogens (tertiary/aromatic N) is 1. The molecule has 0 aliphatic rings. The van der Waals surface area contributed by atoms with E-state index in [-0.39, 0.29) is 5.91 Å². The molecule has 7 heteroatoms. The number of ether oxygens (including phenoxy) is 3. The van der Waals surface area contributed by atoms with Crippen LogP contribution in [0.15, 0.2) is 72.8 Å². The molecule has 7 nitrogen and oxygen atoms in total. The first-order chi connectivity index (χ1) is 17.6. The highest BCUT2D eigenvalue weighted by Gasteiger charge is 2.20. The SMILES string of the molecule is COc1ccc(CCNC(=O)c2cc3c([nH]c4ccccc43)c(-c3cc(OC)ccc3OC)n2)cc1. The van der Waals surface area contributed by atoms with Crippen LogP contribution in [0.5, 0.6) is 17.2 Å². The Hall–Kier alpha value is -4.52. The van der Waals surface area contributed by atoms with Gasteiger partial charge in [0, 0.05) is 28.4 Å². The molecule has 0 radical (unpaired) electrons. The highest BCUT2D eigenvalue weighted by atomic mass is 16.5. The maximum atomic E-state index is 13.2. The van der Waals surface area contributed by atoms with E-state index < -0.39 is 0 Å². The van der Waals surface area contributed by atoms with E-state index in [1.807, 2.05) is 72.8 Å². The number of fused-ring (bicyclic) bond motifs is 3. The van der Waals surface area contributed by atoms with Gasteiger partial charge in [-0.15, -0.1) is 0 Å². The number of H-pyrrole nitrogens is 1. The molecule has 0 bridgehead atoms. The van der Waals surface area contributed by atoms with Crippen LogP contribution in [-0.2, 0) is 6.42 Å². The second-order valence-corrected chi connectivity index (χ2v) is 8.37. The largest absolute Gasteiger partial charge is 0.497 e. The van der Waals surface area contributed by atoms with Crippen LogP contribution >= 0.6 is 0 Å². The first kappa shape index (κ1) is 23.2. The molecule has 5 rings (SSSR count). The summed E-state index contributed by atoms with van der Waals surface area (Å²) in [5.41, 5.74) is 4.60. The van der Waals surface area contributed by atoms with Gasteiger partial charge in [-0.3, -0.25) is 4.79 Å². The maximum absolute atomic E-state index is 13.2. The van der Waals surface area contributed by atoms with Gasteiger partial charge in [-0.05, 0) is 54.4 Å². The second-order valence-electron chi connectivity index (χ2n) is 8.37. The normalized spacial score (nSPS) is 11.0. The molecule has 0 saturated carbocycles. The lowest BCUT2D eigenvalue weighted by Gasteiger charge is -2.13. The number of aromatic nitrogens is 2. The predicted molar refractivity (Wildman–Crippen MR) is 141 cm³/mol. The van der Waals surface area contributed by atoms with Crippen LogP contribution in [0.25, 0.3) is 33.1 Å². The molecule has 0 saturated heterocycles. The Balaban J connectivity index is 1.53. The first-order valence-corrected chi connectivity index (χ1v) is 11.7. The van der Waals surface area contributed by atoms with Crippen LogP contribution in [0, 0.1) is 0 Å². The fourth-order valence-corrected chi connectivity index (χ4v) is 4.36. The quantitative estimate of drug-likeness (QED) is 0.311. The van der Waals surface area contributed by atoms with E-state index in [0.717, 1.165) is 38.7 Å². The van der Waals surface area contributed by atoms with Crippen LogP contribution in [0.1, 0.15) is 16.1 Å². The van der Waals surface area contributed by atoms with Crippen molar-refractivity contribution in [1.29, 1.82) is 0 Å². The highest BCUT2D eigenvalue weighted by molar-refractivity contribution is 6.13. The van der Waals surface area contributed by atoms with E-state index in [1.54, 1.807) is 21.3 Å². The number of hydrogen-bond acceptors (Lipinski definition) is 5. The summed E-state index contributed by atoms with van der Waals surface area (Å²) in [4.78, 5) is 21.5. The standard InChI is InChI=1S/C29H27N3O4/c1-34-19-10-8-18(9-11-19)14-15-30-29(33)25-17-22-21-6-4-5-7-24(21)31-27(22)28(32-25)23-16-20(35-2)12-13-26(23)36-3/h4-13,16-17,31H,14-15H2,1-3H3,(H,30,33). The molecule has 5 aromatic rings. The molecule has 0 spiro atoms. The van der Waals surface area contributed by atoms with Gasteiger partial charge in [-0.2, -0.15) is 0 Å². The van der Waals surface area contributed by atoms with Crippen molar-refractivity contribution < 1.29 is 19.0 Å². The molecule has 2 heterocycles. The van der Waals surface area contributed by atoms with Gasteiger partial charge >= 0.3 is 0 Å². The lowest BCUT2D eigenvalue weighted by atomic mass is 10.0. The maximum Gasteiger partial charge on any atom is 0.269 e. The molecule has 1 amide bonds. The minimum Gasteiger partial charge on any atom is -0.497 e. The number of methoxy groups -OCH3 is 3. The minimum atomic E-state index is -0.237. The zero-order chi connectivity index (χ0) is 25.1. The predicted octanol–water partition coefficient (Wildman–Crippen LogP) is 5.38. The van der Waals surface area contributed by atoms with Crippen LogP contribution in [0.4, 0.5) is 0 Å². The number of pyridine rings is 1. The number of amides is 1. The Morgan fingerprint density at radius 1 is 0.861 bits per heavy atom. The molecule has 0 atom stereocenters. The van der Waals surface area contributed by atoms with E-state index in [9.17, 15) is 4.79 Å². The smallest absolute Gasteiger partial charge is 0.269 e.